The summed E-state index contributed by atoms with van der Waals surface area (Å²) in [5.74, 6) is -1.24. The van der Waals surface area contributed by atoms with Gasteiger partial charge in [-0.05, 0) is 6.07 Å². The number of aldehydes is 1. The first-order valence-corrected chi connectivity index (χ1v) is 3.04. The molecule has 0 spiro atoms. The summed E-state index contributed by atoms with van der Waals surface area (Å²) in [7, 11) is 0. The van der Waals surface area contributed by atoms with Gasteiger partial charge in [-0.25, -0.2) is 13.8 Å². The smallest absolute Gasteiger partial charge is 0.268 e. The predicted molar refractivity (Wildman–Crippen MR) is 34.5 cm³/mol. The molecule has 1 heterocycles. The van der Waals surface area contributed by atoms with Gasteiger partial charge in [-0.2, -0.15) is 4.39 Å². The van der Waals surface area contributed by atoms with Crippen LogP contribution in [0.3, 0.4) is 0 Å². The first-order valence-electron chi connectivity index (χ1n) is 3.04. The molecule has 0 saturated heterocycles. The van der Waals surface area contributed by atoms with Crippen molar-refractivity contribution in [3.63, 3.8) is 0 Å². The van der Waals surface area contributed by atoms with Crippen LogP contribution in [-0.2, 0) is 0 Å². The highest BCUT2D eigenvalue weighted by molar-refractivity contribution is 5.74. The SMILES string of the molecule is O=Cc1cnc(F)c(C(F)F)c1. The standard InChI is InChI=1S/C7H4F3NO/c8-6(9)5-1-4(3-12)2-11-7(5)10/h1-3,6H. The van der Waals surface area contributed by atoms with Crippen molar-refractivity contribution in [2.45, 2.75) is 6.43 Å². The molecule has 0 aliphatic carbocycles. The van der Waals surface area contributed by atoms with E-state index in [1.807, 2.05) is 0 Å². The van der Waals surface area contributed by atoms with Gasteiger partial charge in [0.2, 0.25) is 5.95 Å². The number of rotatable bonds is 2. The molecule has 0 aliphatic heterocycles. The van der Waals surface area contributed by atoms with Gasteiger partial charge >= 0.3 is 0 Å². The number of alkyl halides is 2. The van der Waals surface area contributed by atoms with E-state index in [9.17, 15) is 18.0 Å². The zero-order chi connectivity index (χ0) is 9.14. The molecule has 64 valence electrons. The van der Waals surface area contributed by atoms with Crippen LogP contribution >= 0.6 is 0 Å². The minimum atomic E-state index is -2.95. The maximum Gasteiger partial charge on any atom is 0.268 e. The molecule has 0 amide bonds. The minimum absolute atomic E-state index is 0.0632. The molecule has 1 rings (SSSR count). The van der Waals surface area contributed by atoms with Crippen LogP contribution in [0.15, 0.2) is 12.3 Å². The van der Waals surface area contributed by atoms with Crippen LogP contribution in [0.2, 0.25) is 0 Å². The second-order valence-corrected chi connectivity index (χ2v) is 2.07. The third-order valence-corrected chi connectivity index (χ3v) is 1.26. The van der Waals surface area contributed by atoms with Gasteiger partial charge in [0.05, 0.1) is 5.56 Å². The lowest BCUT2D eigenvalue weighted by molar-refractivity contribution is 0.112. The lowest BCUT2D eigenvalue weighted by Crippen LogP contribution is -1.96. The second kappa shape index (κ2) is 3.34. The summed E-state index contributed by atoms with van der Waals surface area (Å²) in [5.41, 5.74) is -0.911. The first kappa shape index (κ1) is 8.70. The highest BCUT2D eigenvalue weighted by Gasteiger charge is 2.14. The number of carbonyl (C=O) groups is 1. The largest absolute Gasteiger partial charge is 0.298 e. The molecule has 0 aliphatic rings. The van der Waals surface area contributed by atoms with Gasteiger partial charge in [-0.15, -0.1) is 0 Å². The molecule has 5 heteroatoms. The third kappa shape index (κ3) is 1.61. The fourth-order valence-corrected chi connectivity index (χ4v) is 0.700. The Bertz CT molecular complexity index is 301. The lowest BCUT2D eigenvalue weighted by atomic mass is 10.2. The average molecular weight is 175 g/mol. The zero-order valence-corrected chi connectivity index (χ0v) is 5.80. The van der Waals surface area contributed by atoms with Gasteiger partial charge in [-0.1, -0.05) is 0 Å². The quantitative estimate of drug-likeness (QED) is 0.508. The third-order valence-electron chi connectivity index (χ3n) is 1.26. The van der Waals surface area contributed by atoms with Crippen LogP contribution in [0.25, 0.3) is 0 Å². The molecule has 0 aromatic carbocycles. The molecular weight excluding hydrogens is 171 g/mol. The lowest BCUT2D eigenvalue weighted by Gasteiger charge is -1.99. The van der Waals surface area contributed by atoms with Crippen molar-refractivity contribution in [1.29, 1.82) is 0 Å². The second-order valence-electron chi connectivity index (χ2n) is 2.07. The maximum absolute atomic E-state index is 12.4. The highest BCUT2D eigenvalue weighted by atomic mass is 19.3. The molecule has 0 bridgehead atoms. The van der Waals surface area contributed by atoms with E-state index in [0.29, 0.717) is 6.29 Å². The molecule has 0 unspecified atom stereocenters. The number of pyridine rings is 1. The van der Waals surface area contributed by atoms with Crippen LogP contribution in [0.5, 0.6) is 0 Å². The fraction of sp³-hybridized carbons (Fsp3) is 0.143. The summed E-state index contributed by atoms with van der Waals surface area (Å²) in [6, 6.07) is 0.778. The molecule has 2 nitrogen and oxygen atoms in total. The van der Waals surface area contributed by atoms with Crippen LogP contribution in [-0.4, -0.2) is 11.3 Å². The molecular formula is C7H4F3NO. The van der Waals surface area contributed by atoms with Crippen LogP contribution in [0.4, 0.5) is 13.2 Å². The van der Waals surface area contributed by atoms with Crippen molar-refractivity contribution in [1.82, 2.24) is 4.98 Å². The van der Waals surface area contributed by atoms with Crippen LogP contribution < -0.4 is 0 Å². The summed E-state index contributed by atoms with van der Waals surface area (Å²) >= 11 is 0. The number of halogens is 3. The average Bonchev–Trinajstić information content (AvgIpc) is 2.05. The van der Waals surface area contributed by atoms with Crippen LogP contribution in [0, 0.1) is 5.95 Å². The number of hydrogen-bond donors (Lipinski definition) is 0. The summed E-state index contributed by atoms with van der Waals surface area (Å²) < 4.78 is 36.3. The van der Waals surface area contributed by atoms with Crippen molar-refractivity contribution in [3.05, 3.63) is 29.3 Å². The Morgan fingerprint density at radius 2 is 2.17 bits per heavy atom. The monoisotopic (exact) mass is 175 g/mol. The van der Waals surface area contributed by atoms with E-state index in [0.717, 1.165) is 12.3 Å². The van der Waals surface area contributed by atoms with E-state index in [1.165, 1.54) is 0 Å². The molecule has 1 aromatic rings. The van der Waals surface area contributed by atoms with Crippen molar-refractivity contribution in [2.24, 2.45) is 0 Å². The van der Waals surface area contributed by atoms with Gasteiger partial charge in [0, 0.05) is 11.8 Å². The molecule has 0 saturated carbocycles. The fourth-order valence-electron chi connectivity index (χ4n) is 0.700. The van der Waals surface area contributed by atoms with E-state index >= 15 is 0 Å². The summed E-state index contributed by atoms with van der Waals surface area (Å²) in [5, 5.41) is 0. The molecule has 0 radical (unpaired) electrons. The summed E-state index contributed by atoms with van der Waals surface area (Å²) in [4.78, 5) is 13.1. The Labute approximate surface area is 66.0 Å². The van der Waals surface area contributed by atoms with E-state index in [4.69, 9.17) is 0 Å². The van der Waals surface area contributed by atoms with E-state index in [1.54, 1.807) is 0 Å². The first-order chi connectivity index (χ1) is 5.65. The molecule has 12 heavy (non-hydrogen) atoms. The number of hydrogen-bond acceptors (Lipinski definition) is 2. The van der Waals surface area contributed by atoms with E-state index in [2.05, 4.69) is 4.98 Å². The van der Waals surface area contributed by atoms with Gasteiger partial charge in [0.25, 0.3) is 6.43 Å². The van der Waals surface area contributed by atoms with E-state index < -0.39 is 17.9 Å². The molecule has 0 atom stereocenters. The van der Waals surface area contributed by atoms with Gasteiger partial charge < -0.3 is 0 Å². The predicted octanol–water partition coefficient (Wildman–Crippen LogP) is 1.97. The van der Waals surface area contributed by atoms with Crippen molar-refractivity contribution in [2.75, 3.05) is 0 Å². The van der Waals surface area contributed by atoms with Crippen molar-refractivity contribution >= 4 is 6.29 Å². The Balaban J connectivity index is 3.16. The number of aromatic nitrogens is 1. The number of carbonyl (C=O) groups excluding carboxylic acids is 1. The van der Waals surface area contributed by atoms with Crippen LogP contribution in [0.1, 0.15) is 22.3 Å². The maximum atomic E-state index is 12.4. The Kier molecular flexibility index (Phi) is 2.42. The topological polar surface area (TPSA) is 30.0 Å². The normalized spacial score (nSPS) is 10.3. The van der Waals surface area contributed by atoms with Crippen molar-refractivity contribution < 1.29 is 18.0 Å². The van der Waals surface area contributed by atoms with Crippen molar-refractivity contribution in [3.8, 4) is 0 Å². The number of nitrogens with zero attached hydrogens (tertiary/aromatic N) is 1. The molecule has 0 N–H and O–H groups in total. The molecule has 1 aromatic heterocycles. The summed E-state index contributed by atoms with van der Waals surface area (Å²) in [6.45, 7) is 0. The Hall–Kier alpha value is -1.39. The minimum Gasteiger partial charge on any atom is -0.298 e. The zero-order valence-electron chi connectivity index (χ0n) is 5.80. The Morgan fingerprint density at radius 3 is 2.67 bits per heavy atom. The van der Waals surface area contributed by atoms with E-state index in [-0.39, 0.29) is 5.56 Å². The highest BCUT2D eigenvalue weighted by Crippen LogP contribution is 2.20. The van der Waals surface area contributed by atoms with Gasteiger partial charge in [0.1, 0.15) is 0 Å². The van der Waals surface area contributed by atoms with Gasteiger partial charge in [-0.3, -0.25) is 4.79 Å². The Morgan fingerprint density at radius 1 is 1.50 bits per heavy atom. The summed E-state index contributed by atoms with van der Waals surface area (Å²) in [6.07, 6.45) is -1.72. The van der Waals surface area contributed by atoms with Gasteiger partial charge in [0.15, 0.2) is 6.29 Å². The molecule has 0 fully saturated rings.